The molecule has 1 fully saturated rings. The van der Waals surface area contributed by atoms with Gasteiger partial charge in [-0.3, -0.25) is 0 Å². The van der Waals surface area contributed by atoms with E-state index in [1.54, 1.807) is 11.1 Å². The first-order valence-electron chi connectivity index (χ1n) is 6.10. The Kier molecular flexibility index (Phi) is 2.59. The van der Waals surface area contributed by atoms with Gasteiger partial charge in [-0.1, -0.05) is 40.5 Å². The van der Waals surface area contributed by atoms with Crippen molar-refractivity contribution in [2.75, 3.05) is 0 Å². The molecular weight excluding hydrogens is 248 g/mol. The predicted molar refractivity (Wildman–Crippen MR) is 67.5 cm³/mol. The molecular formula is C14H17Br. The van der Waals surface area contributed by atoms with Crippen LogP contribution in [0.25, 0.3) is 0 Å². The smallest absolute Gasteiger partial charge is 0.0423 e. The van der Waals surface area contributed by atoms with Crippen molar-refractivity contribution >= 4 is 15.9 Å². The van der Waals surface area contributed by atoms with Crippen molar-refractivity contribution in [2.45, 2.75) is 43.4 Å². The Morgan fingerprint density at radius 3 is 2.60 bits per heavy atom. The van der Waals surface area contributed by atoms with Gasteiger partial charge in [-0.05, 0) is 54.7 Å². The van der Waals surface area contributed by atoms with E-state index in [4.69, 9.17) is 0 Å². The second-order valence-electron chi connectivity index (χ2n) is 4.97. The maximum atomic E-state index is 3.87. The lowest BCUT2D eigenvalue weighted by Crippen LogP contribution is -2.16. The largest absolute Gasteiger partial charge is 0.0836 e. The fourth-order valence-corrected chi connectivity index (χ4v) is 3.58. The second-order valence-corrected chi connectivity index (χ2v) is 5.96. The van der Waals surface area contributed by atoms with Gasteiger partial charge in [0.1, 0.15) is 0 Å². The minimum Gasteiger partial charge on any atom is -0.0836 e. The molecule has 2 aliphatic carbocycles. The van der Waals surface area contributed by atoms with Crippen molar-refractivity contribution in [2.24, 2.45) is 5.92 Å². The Morgan fingerprint density at radius 2 is 1.87 bits per heavy atom. The molecule has 3 rings (SSSR count). The number of halogens is 1. The third-order valence-corrected chi connectivity index (χ3v) is 5.28. The molecule has 1 aromatic rings. The van der Waals surface area contributed by atoms with Crippen LogP contribution in [0.3, 0.4) is 0 Å². The molecule has 0 amide bonds. The first kappa shape index (κ1) is 9.89. The van der Waals surface area contributed by atoms with Crippen LogP contribution < -0.4 is 0 Å². The Balaban J connectivity index is 1.85. The third-order valence-electron chi connectivity index (χ3n) is 4.00. The molecule has 0 aromatic heterocycles. The van der Waals surface area contributed by atoms with Crippen LogP contribution in [0.1, 0.15) is 47.2 Å². The molecule has 0 aliphatic heterocycles. The topological polar surface area (TPSA) is 0 Å². The highest BCUT2D eigenvalue weighted by Crippen LogP contribution is 2.43. The summed E-state index contributed by atoms with van der Waals surface area (Å²) in [5, 5.41) is 0. The van der Waals surface area contributed by atoms with Gasteiger partial charge in [0.2, 0.25) is 0 Å². The molecule has 15 heavy (non-hydrogen) atoms. The van der Waals surface area contributed by atoms with E-state index >= 15 is 0 Å². The van der Waals surface area contributed by atoms with Crippen molar-refractivity contribution in [3.8, 4) is 0 Å². The van der Waals surface area contributed by atoms with Gasteiger partial charge in [0.25, 0.3) is 0 Å². The SMILES string of the molecule is BrC(c1ccc2c(c1)CCC2)C1CCC1. The number of benzene rings is 1. The highest BCUT2D eigenvalue weighted by Gasteiger charge is 2.27. The van der Waals surface area contributed by atoms with Crippen LogP contribution in [0.4, 0.5) is 0 Å². The molecule has 0 saturated heterocycles. The number of aryl methyl sites for hydroxylation is 2. The van der Waals surface area contributed by atoms with Crippen LogP contribution in [-0.2, 0) is 12.8 Å². The molecule has 80 valence electrons. The van der Waals surface area contributed by atoms with Gasteiger partial charge < -0.3 is 0 Å². The maximum absolute atomic E-state index is 3.87. The Bertz CT molecular complexity index is 366. The number of hydrogen-bond donors (Lipinski definition) is 0. The first-order valence-corrected chi connectivity index (χ1v) is 7.02. The van der Waals surface area contributed by atoms with Gasteiger partial charge in [-0.15, -0.1) is 0 Å². The van der Waals surface area contributed by atoms with Gasteiger partial charge in [-0.25, -0.2) is 0 Å². The lowest BCUT2D eigenvalue weighted by Gasteiger charge is -2.30. The van der Waals surface area contributed by atoms with Crippen LogP contribution in [0, 0.1) is 5.92 Å². The van der Waals surface area contributed by atoms with Crippen LogP contribution >= 0.6 is 15.9 Å². The molecule has 1 heteroatoms. The zero-order valence-electron chi connectivity index (χ0n) is 9.01. The van der Waals surface area contributed by atoms with E-state index in [2.05, 4.69) is 34.1 Å². The molecule has 0 nitrogen and oxygen atoms in total. The van der Waals surface area contributed by atoms with Crippen LogP contribution in [0.5, 0.6) is 0 Å². The molecule has 0 radical (unpaired) electrons. The summed E-state index contributed by atoms with van der Waals surface area (Å²) in [5.74, 6) is 0.893. The van der Waals surface area contributed by atoms with Gasteiger partial charge in [0, 0.05) is 4.83 Å². The standard InChI is InChI=1S/C14H17Br/c15-14(11-4-2-5-11)13-8-7-10-3-1-6-12(10)9-13/h7-9,11,14H,1-6H2. The lowest BCUT2D eigenvalue weighted by atomic mass is 9.80. The average molecular weight is 265 g/mol. The number of alkyl halides is 1. The summed E-state index contributed by atoms with van der Waals surface area (Å²) in [6.07, 6.45) is 8.20. The molecule has 0 spiro atoms. The Morgan fingerprint density at radius 1 is 1.07 bits per heavy atom. The highest BCUT2D eigenvalue weighted by molar-refractivity contribution is 9.09. The van der Waals surface area contributed by atoms with E-state index in [1.807, 2.05) is 0 Å². The van der Waals surface area contributed by atoms with E-state index in [-0.39, 0.29) is 0 Å². The molecule has 1 atom stereocenters. The summed E-state index contributed by atoms with van der Waals surface area (Å²) in [6.45, 7) is 0. The summed E-state index contributed by atoms with van der Waals surface area (Å²) >= 11 is 3.87. The van der Waals surface area contributed by atoms with E-state index in [1.165, 1.54) is 44.1 Å². The van der Waals surface area contributed by atoms with Crippen molar-refractivity contribution in [1.29, 1.82) is 0 Å². The van der Waals surface area contributed by atoms with Crippen molar-refractivity contribution in [3.05, 3.63) is 34.9 Å². The van der Waals surface area contributed by atoms with Crippen LogP contribution in [0.2, 0.25) is 0 Å². The molecule has 0 bridgehead atoms. The van der Waals surface area contributed by atoms with E-state index in [0.717, 1.165) is 5.92 Å². The minimum atomic E-state index is 0.608. The average Bonchev–Trinajstić information content (AvgIpc) is 2.61. The van der Waals surface area contributed by atoms with Gasteiger partial charge in [-0.2, -0.15) is 0 Å². The highest BCUT2D eigenvalue weighted by atomic mass is 79.9. The first-order chi connectivity index (χ1) is 7.34. The quantitative estimate of drug-likeness (QED) is 0.695. The molecule has 0 N–H and O–H groups in total. The number of hydrogen-bond acceptors (Lipinski definition) is 0. The van der Waals surface area contributed by atoms with Crippen LogP contribution in [-0.4, -0.2) is 0 Å². The maximum Gasteiger partial charge on any atom is 0.0423 e. The van der Waals surface area contributed by atoms with Gasteiger partial charge >= 0.3 is 0 Å². The van der Waals surface area contributed by atoms with E-state index in [9.17, 15) is 0 Å². The summed E-state index contributed by atoms with van der Waals surface area (Å²) in [7, 11) is 0. The predicted octanol–water partition coefficient (Wildman–Crippen LogP) is 4.41. The fourth-order valence-electron chi connectivity index (χ4n) is 2.77. The lowest BCUT2D eigenvalue weighted by molar-refractivity contribution is 0.312. The Hall–Kier alpha value is -0.300. The van der Waals surface area contributed by atoms with Crippen LogP contribution in [0.15, 0.2) is 18.2 Å². The van der Waals surface area contributed by atoms with Crippen molar-refractivity contribution < 1.29 is 0 Å². The number of fused-ring (bicyclic) bond motifs is 1. The van der Waals surface area contributed by atoms with Gasteiger partial charge in [0.05, 0.1) is 0 Å². The van der Waals surface area contributed by atoms with E-state index < -0.39 is 0 Å². The monoisotopic (exact) mass is 264 g/mol. The summed E-state index contributed by atoms with van der Waals surface area (Å²) in [5.41, 5.74) is 4.71. The second kappa shape index (κ2) is 3.93. The molecule has 1 saturated carbocycles. The third kappa shape index (κ3) is 1.75. The van der Waals surface area contributed by atoms with Crippen molar-refractivity contribution in [1.82, 2.24) is 0 Å². The molecule has 1 unspecified atom stereocenters. The Labute approximate surface area is 100 Å². The minimum absolute atomic E-state index is 0.608. The van der Waals surface area contributed by atoms with Crippen molar-refractivity contribution in [3.63, 3.8) is 0 Å². The summed E-state index contributed by atoms with van der Waals surface area (Å²) in [6, 6.07) is 7.13. The molecule has 1 aromatic carbocycles. The van der Waals surface area contributed by atoms with E-state index in [0.29, 0.717) is 4.83 Å². The zero-order chi connectivity index (χ0) is 10.3. The molecule has 2 aliphatic rings. The zero-order valence-corrected chi connectivity index (χ0v) is 10.6. The summed E-state index contributed by atoms with van der Waals surface area (Å²) in [4.78, 5) is 0.608. The fraction of sp³-hybridized carbons (Fsp3) is 0.571. The molecule has 0 heterocycles. The number of rotatable bonds is 2. The normalized spacial score (nSPS) is 22.2. The van der Waals surface area contributed by atoms with Gasteiger partial charge in [0.15, 0.2) is 0 Å². The summed E-state index contributed by atoms with van der Waals surface area (Å²) < 4.78 is 0.